The molecule has 9 heteroatoms. The summed E-state index contributed by atoms with van der Waals surface area (Å²) in [5.74, 6) is -0.550. The Morgan fingerprint density at radius 3 is 2.21 bits per heavy atom. The topological polar surface area (TPSA) is 106 Å². The average Bonchev–Trinajstić information content (AvgIpc) is 3.16. The van der Waals surface area contributed by atoms with Gasteiger partial charge in [0.25, 0.3) is 5.91 Å². The van der Waals surface area contributed by atoms with Gasteiger partial charge in [0.05, 0.1) is 17.5 Å². The van der Waals surface area contributed by atoms with Crippen LogP contribution in [0.3, 0.4) is 0 Å². The Hall–Kier alpha value is -3.85. The summed E-state index contributed by atoms with van der Waals surface area (Å²) in [5, 5.41) is 3.11. The van der Waals surface area contributed by atoms with Crippen molar-refractivity contribution in [1.29, 1.82) is 0 Å². The van der Waals surface area contributed by atoms with Crippen LogP contribution >= 0.6 is 0 Å². The van der Waals surface area contributed by atoms with E-state index in [4.69, 9.17) is 10.2 Å². The van der Waals surface area contributed by atoms with E-state index < -0.39 is 15.8 Å². The van der Waals surface area contributed by atoms with Gasteiger partial charge in [-0.15, -0.1) is 0 Å². The minimum atomic E-state index is -3.60. The molecule has 0 bridgehead atoms. The van der Waals surface area contributed by atoms with Gasteiger partial charge < -0.3 is 15.5 Å². The van der Waals surface area contributed by atoms with Crippen LogP contribution in [0.2, 0.25) is 0 Å². The number of anilines is 2. The number of hydrogen-bond donors (Lipinski definition) is 2. The third kappa shape index (κ3) is 4.14. The number of amides is 1. The lowest BCUT2D eigenvalue weighted by Crippen LogP contribution is -2.25. The quantitative estimate of drug-likeness (QED) is 0.427. The highest BCUT2D eigenvalue weighted by atomic mass is 32.2. The Morgan fingerprint density at radius 1 is 1.03 bits per heavy atom. The molecule has 3 aromatic carbocycles. The third-order valence-corrected chi connectivity index (χ3v) is 6.62. The summed E-state index contributed by atoms with van der Waals surface area (Å²) in [4.78, 5) is 12.9. The first-order valence-electron chi connectivity index (χ1n) is 9.98. The molecular formula is C24H22FN3O4S. The van der Waals surface area contributed by atoms with Crippen molar-refractivity contribution in [3.63, 3.8) is 0 Å². The molecule has 0 fully saturated rings. The third-order valence-electron chi connectivity index (χ3n) is 5.43. The zero-order chi connectivity index (χ0) is 23.9. The van der Waals surface area contributed by atoms with Crippen LogP contribution in [0.15, 0.2) is 65.1 Å². The van der Waals surface area contributed by atoms with E-state index in [1.165, 1.54) is 38.4 Å². The highest BCUT2D eigenvalue weighted by molar-refractivity contribution is 7.92. The van der Waals surface area contributed by atoms with Crippen LogP contribution in [0.25, 0.3) is 33.4 Å². The summed E-state index contributed by atoms with van der Waals surface area (Å²) in [7, 11) is -0.651. The number of benzene rings is 3. The number of nitrogen functional groups attached to an aromatic ring is 1. The van der Waals surface area contributed by atoms with Crippen LogP contribution in [0.5, 0.6) is 0 Å². The number of halogens is 1. The number of nitrogens with one attached hydrogen (secondary N) is 1. The van der Waals surface area contributed by atoms with Gasteiger partial charge in [-0.25, -0.2) is 12.8 Å². The van der Waals surface area contributed by atoms with Gasteiger partial charge in [0.2, 0.25) is 10.0 Å². The molecule has 3 N–H and O–H groups in total. The summed E-state index contributed by atoms with van der Waals surface area (Å²) in [6.07, 6.45) is 1.10. The molecule has 0 aliphatic carbocycles. The monoisotopic (exact) mass is 467 g/mol. The fourth-order valence-corrected chi connectivity index (χ4v) is 4.13. The normalized spacial score (nSPS) is 11.5. The van der Waals surface area contributed by atoms with Gasteiger partial charge in [0, 0.05) is 42.4 Å². The smallest absolute Gasteiger partial charge is 0.255 e. The number of rotatable bonds is 5. The minimum absolute atomic E-state index is 0.256. The van der Waals surface area contributed by atoms with Crippen molar-refractivity contribution < 1.29 is 22.0 Å². The Morgan fingerprint density at radius 2 is 1.64 bits per heavy atom. The lowest BCUT2D eigenvalue weighted by atomic mass is 9.98. The Bertz CT molecular complexity index is 1460. The first kappa shape index (κ1) is 22.3. The van der Waals surface area contributed by atoms with Crippen molar-refractivity contribution >= 4 is 38.3 Å². The van der Waals surface area contributed by atoms with Crippen molar-refractivity contribution in [1.82, 2.24) is 5.32 Å². The Balaban J connectivity index is 2.07. The van der Waals surface area contributed by atoms with E-state index in [2.05, 4.69) is 5.32 Å². The van der Waals surface area contributed by atoms with Crippen molar-refractivity contribution in [3.05, 3.63) is 72.0 Å². The van der Waals surface area contributed by atoms with Crippen molar-refractivity contribution in [2.45, 2.75) is 0 Å². The lowest BCUT2D eigenvalue weighted by molar-refractivity contribution is 0.0964. The molecule has 0 aliphatic heterocycles. The van der Waals surface area contributed by atoms with Crippen molar-refractivity contribution in [2.75, 3.05) is 30.4 Å². The van der Waals surface area contributed by atoms with Crippen molar-refractivity contribution in [2.24, 2.45) is 0 Å². The van der Waals surface area contributed by atoms with Gasteiger partial charge in [-0.3, -0.25) is 9.10 Å². The second-order valence-electron chi connectivity index (χ2n) is 7.61. The molecule has 0 radical (unpaired) electrons. The molecule has 0 spiro atoms. The van der Waals surface area contributed by atoms with Gasteiger partial charge in [-0.05, 0) is 48.0 Å². The SMILES string of the molecule is CNC(=O)c1c(-c2ccc(F)cc2)oc2cc(N(C)S(C)(=O)=O)c(-c3ccc(N)cc3)cc12. The van der Waals surface area contributed by atoms with Crippen LogP contribution < -0.4 is 15.4 Å². The summed E-state index contributed by atoms with van der Waals surface area (Å²) >= 11 is 0. The summed E-state index contributed by atoms with van der Waals surface area (Å²) in [6, 6.07) is 15.9. The molecule has 33 heavy (non-hydrogen) atoms. The molecule has 4 rings (SSSR count). The lowest BCUT2D eigenvalue weighted by Gasteiger charge is -2.20. The number of carbonyl (C=O) groups excluding carboxylic acids is 1. The van der Waals surface area contributed by atoms with Crippen LogP contribution in [0.1, 0.15) is 10.4 Å². The summed E-state index contributed by atoms with van der Waals surface area (Å²) in [6.45, 7) is 0. The van der Waals surface area contributed by atoms with E-state index in [-0.39, 0.29) is 17.2 Å². The number of nitrogens with two attached hydrogens (primary N) is 1. The number of sulfonamides is 1. The van der Waals surface area contributed by atoms with Gasteiger partial charge in [-0.2, -0.15) is 0 Å². The number of nitrogens with zero attached hydrogens (tertiary/aromatic N) is 1. The van der Waals surface area contributed by atoms with E-state index in [0.717, 1.165) is 10.6 Å². The molecule has 0 saturated heterocycles. The van der Waals surface area contributed by atoms with E-state index in [1.807, 2.05) is 0 Å². The molecule has 4 aromatic rings. The maximum absolute atomic E-state index is 13.5. The standard InChI is InChI=1S/C24H22FN3O4S/c1-27-24(29)22-19-12-18(14-6-10-17(26)11-7-14)20(28(2)33(3,30)31)13-21(19)32-23(22)15-4-8-16(25)9-5-15/h4-13H,26H2,1-3H3,(H,27,29). The maximum atomic E-state index is 13.5. The van der Waals surface area contributed by atoms with Crippen LogP contribution in [0.4, 0.5) is 15.8 Å². The highest BCUT2D eigenvalue weighted by Gasteiger charge is 2.25. The number of fused-ring (bicyclic) bond motifs is 1. The minimum Gasteiger partial charge on any atom is -0.455 e. The molecule has 1 heterocycles. The maximum Gasteiger partial charge on any atom is 0.255 e. The summed E-state index contributed by atoms with van der Waals surface area (Å²) < 4.78 is 45.4. The largest absolute Gasteiger partial charge is 0.455 e. The van der Waals surface area contributed by atoms with Crippen molar-refractivity contribution in [3.8, 4) is 22.5 Å². The van der Waals surface area contributed by atoms with Crippen LogP contribution in [-0.2, 0) is 10.0 Å². The van der Waals surface area contributed by atoms with Gasteiger partial charge in [-0.1, -0.05) is 12.1 Å². The second kappa shape index (κ2) is 8.25. The first-order valence-corrected chi connectivity index (χ1v) is 11.8. The Labute approximate surface area is 190 Å². The van der Waals surface area contributed by atoms with Gasteiger partial charge >= 0.3 is 0 Å². The van der Waals surface area contributed by atoms with E-state index in [1.54, 1.807) is 36.4 Å². The fraction of sp³-hybridized carbons (Fsp3) is 0.125. The summed E-state index contributed by atoms with van der Waals surface area (Å²) in [5.41, 5.74) is 9.14. The van der Waals surface area contributed by atoms with E-state index in [9.17, 15) is 17.6 Å². The molecule has 0 unspecified atom stereocenters. The first-order chi connectivity index (χ1) is 15.6. The average molecular weight is 468 g/mol. The second-order valence-corrected chi connectivity index (χ2v) is 9.62. The molecule has 0 saturated carbocycles. The predicted octanol–water partition coefficient (Wildman–Crippen LogP) is 4.24. The highest BCUT2D eigenvalue weighted by Crippen LogP contribution is 2.41. The van der Waals surface area contributed by atoms with Gasteiger partial charge in [0.1, 0.15) is 17.2 Å². The Kier molecular flexibility index (Phi) is 5.59. The van der Waals surface area contributed by atoms with E-state index >= 15 is 0 Å². The molecule has 7 nitrogen and oxygen atoms in total. The molecule has 1 amide bonds. The molecular weight excluding hydrogens is 445 g/mol. The predicted molar refractivity (Wildman–Crippen MR) is 128 cm³/mol. The zero-order valence-electron chi connectivity index (χ0n) is 18.2. The fourth-order valence-electron chi connectivity index (χ4n) is 3.62. The van der Waals surface area contributed by atoms with Crippen LogP contribution in [0, 0.1) is 5.82 Å². The number of carbonyl (C=O) groups is 1. The van der Waals surface area contributed by atoms with Crippen LogP contribution in [-0.4, -0.2) is 34.7 Å². The molecule has 0 aliphatic rings. The van der Waals surface area contributed by atoms with E-state index in [0.29, 0.717) is 39.0 Å². The molecule has 170 valence electrons. The zero-order valence-corrected chi connectivity index (χ0v) is 19.0. The number of furan rings is 1. The molecule has 1 aromatic heterocycles. The molecule has 0 atom stereocenters. The number of hydrogen-bond acceptors (Lipinski definition) is 5. The van der Waals surface area contributed by atoms with Gasteiger partial charge in [0.15, 0.2) is 0 Å².